The van der Waals surface area contributed by atoms with Crippen molar-refractivity contribution in [2.45, 2.75) is 99.6 Å². The second-order valence-corrected chi connectivity index (χ2v) is 19.9. The molecule has 13 nitrogen and oxygen atoms in total. The third-order valence-corrected chi connectivity index (χ3v) is 16.4. The smallest absolute Gasteiger partial charge is 0.344 e. The number of anilines is 1. The normalized spacial score (nSPS) is 33.8. The molecule has 3 fully saturated rings. The number of methoxy groups -OCH3 is 3. The molecule has 6 aliphatic rings. The third kappa shape index (κ3) is 6.28. The molecule has 6 heterocycles. The first kappa shape index (κ1) is 43.7. The average molecular weight is 887 g/mol. The van der Waals surface area contributed by atoms with Crippen LogP contribution >= 0.6 is 0 Å². The van der Waals surface area contributed by atoms with Gasteiger partial charge in [0.1, 0.15) is 11.2 Å². The summed E-state index contributed by atoms with van der Waals surface area (Å²) in [5, 5.41) is 14.5. The van der Waals surface area contributed by atoms with Gasteiger partial charge in [-0.2, -0.15) is 0 Å². The Hall–Kier alpha value is -5.21. The van der Waals surface area contributed by atoms with E-state index >= 15 is 4.79 Å². The Morgan fingerprint density at radius 3 is 2.38 bits per heavy atom. The molecule has 4 aromatic rings. The predicted molar refractivity (Wildman–Crippen MR) is 245 cm³/mol. The lowest BCUT2D eigenvalue weighted by molar-refractivity contribution is -0.228. The number of aromatic nitrogens is 1. The quantitative estimate of drug-likeness (QED) is 0.0856. The predicted octanol–water partition coefficient (Wildman–Crippen LogP) is 5.83. The van der Waals surface area contributed by atoms with Crippen LogP contribution in [-0.4, -0.2) is 128 Å². The third-order valence-electron chi connectivity index (χ3n) is 16.4. The molecule has 0 amide bonds. The molecular weight excluding hydrogens is 825 g/mol. The maximum absolute atomic E-state index is 15.7. The van der Waals surface area contributed by atoms with Crippen molar-refractivity contribution in [3.8, 4) is 5.75 Å². The van der Waals surface area contributed by atoms with Gasteiger partial charge in [-0.25, -0.2) is 4.79 Å². The van der Waals surface area contributed by atoms with Crippen molar-refractivity contribution < 1.29 is 43.2 Å². The van der Waals surface area contributed by atoms with Gasteiger partial charge >= 0.3 is 17.9 Å². The highest BCUT2D eigenvalue weighted by atomic mass is 16.6. The first-order chi connectivity index (χ1) is 31.2. The van der Waals surface area contributed by atoms with Crippen LogP contribution in [-0.2, 0) is 57.1 Å². The van der Waals surface area contributed by atoms with Crippen LogP contribution in [0.25, 0.3) is 10.9 Å². The summed E-state index contributed by atoms with van der Waals surface area (Å²) in [7, 11) is 6.25. The summed E-state index contributed by atoms with van der Waals surface area (Å²) in [5.41, 5.74) is 0.318. The molecule has 1 aliphatic carbocycles. The van der Waals surface area contributed by atoms with Crippen LogP contribution in [0.1, 0.15) is 74.4 Å². The Morgan fingerprint density at radius 1 is 0.954 bits per heavy atom. The van der Waals surface area contributed by atoms with Gasteiger partial charge in [-0.1, -0.05) is 67.6 Å². The molecule has 3 aromatic carbocycles. The Morgan fingerprint density at radius 2 is 1.69 bits per heavy atom. The number of rotatable bonds is 10. The number of nitrogens with zero attached hydrogens (tertiary/aromatic N) is 3. The first-order valence-corrected chi connectivity index (χ1v) is 23.2. The number of nitrogens with one attached hydrogen (secondary N) is 1. The fourth-order valence-electron chi connectivity index (χ4n) is 13.9. The van der Waals surface area contributed by atoms with Crippen LogP contribution in [0.15, 0.2) is 78.9 Å². The van der Waals surface area contributed by atoms with Gasteiger partial charge in [-0.05, 0) is 80.3 Å². The Kier molecular flexibility index (Phi) is 10.6. The van der Waals surface area contributed by atoms with E-state index < -0.39 is 51.9 Å². The lowest BCUT2D eigenvalue weighted by Gasteiger charge is -2.63. The number of carbonyl (C=O) groups excluding carboxylic acids is 3. The minimum Gasteiger partial charge on any atom is -0.496 e. The molecule has 344 valence electrons. The number of esters is 3. The maximum Gasteiger partial charge on any atom is 0.344 e. The molecule has 65 heavy (non-hydrogen) atoms. The lowest BCUT2D eigenvalue weighted by atomic mass is 9.47. The van der Waals surface area contributed by atoms with Crippen molar-refractivity contribution in [3.63, 3.8) is 0 Å². The zero-order chi connectivity index (χ0) is 45.7. The fourth-order valence-corrected chi connectivity index (χ4v) is 13.9. The molecule has 2 saturated heterocycles. The van der Waals surface area contributed by atoms with Crippen LogP contribution in [0.3, 0.4) is 0 Å². The number of hydrogen-bond acceptors (Lipinski definition) is 12. The standard InChI is InChI=1S/C52H62N4O9/c1-8-49-20-14-22-56-24-21-50(43(49)56)37-25-38(41(61-5)26-40(37)54(4)44(50)52(60,47(59)63-7)45(49)65-32(2)57)51(46(58)62-6)28-34(27-48(3)31-64-48)30-55(29-33-15-10-9-11-16-33)23-19-36-35-17-12-13-18-39(35)53-42(36)51/h9-18,20,25-26,34,43-45,53,60H,8,19,21-24,27-31H2,1-7H3/t34-,43+,44-,45-,48+,49-,50-,51-,52+/m1/s1. The summed E-state index contributed by atoms with van der Waals surface area (Å²) in [5.74, 6) is -1.44. The minimum atomic E-state index is -2.30. The topological polar surface area (TPSA) is 146 Å². The van der Waals surface area contributed by atoms with Crippen molar-refractivity contribution in [2.24, 2.45) is 11.3 Å². The van der Waals surface area contributed by atoms with E-state index in [4.69, 9.17) is 23.7 Å². The van der Waals surface area contributed by atoms with Crippen LogP contribution in [0.4, 0.5) is 5.69 Å². The molecule has 1 spiro atoms. The van der Waals surface area contributed by atoms with E-state index in [1.54, 1.807) is 7.11 Å². The highest BCUT2D eigenvalue weighted by molar-refractivity contribution is 5.95. The van der Waals surface area contributed by atoms with E-state index in [1.165, 1.54) is 26.7 Å². The van der Waals surface area contributed by atoms with E-state index in [0.717, 1.165) is 52.9 Å². The number of hydrogen-bond donors (Lipinski definition) is 2. The first-order valence-electron chi connectivity index (χ1n) is 23.2. The molecule has 0 radical (unpaired) electrons. The van der Waals surface area contributed by atoms with Crippen molar-refractivity contribution in [1.29, 1.82) is 0 Å². The molecule has 9 atom stereocenters. The van der Waals surface area contributed by atoms with Crippen LogP contribution < -0.4 is 9.64 Å². The van der Waals surface area contributed by atoms with Gasteiger partial charge in [0.25, 0.3) is 0 Å². The summed E-state index contributed by atoms with van der Waals surface area (Å²) in [6, 6.07) is 21.7. The fraction of sp³-hybridized carbons (Fsp3) is 0.519. The van der Waals surface area contributed by atoms with Crippen molar-refractivity contribution in [3.05, 3.63) is 107 Å². The SMILES string of the molecule is CC[C@]12C=CCN3CC[C@@]4(c5cc([C@]6(C(=O)OC)C[C@@H](C[C@@]7(C)CO7)CN(Cc7ccccc7)CCc7c6[nH]c6ccccc76)c(OC)cc5N(C)[C@H]4[C@@](O)(C(=O)OC)[C@@H]1OC(C)=O)[C@@H]32. The summed E-state index contributed by atoms with van der Waals surface area (Å²) in [6.07, 6.45) is 5.68. The maximum atomic E-state index is 15.7. The molecule has 5 aliphatic heterocycles. The van der Waals surface area contributed by atoms with E-state index in [2.05, 4.69) is 76.3 Å². The number of epoxide rings is 1. The Balaban J connectivity index is 1.25. The second kappa shape index (κ2) is 15.7. The molecular formula is C52H62N4O9. The summed E-state index contributed by atoms with van der Waals surface area (Å²) >= 11 is 0. The zero-order valence-corrected chi connectivity index (χ0v) is 38.6. The number of likely N-dealkylation sites (N-methyl/N-ethyl adjacent to an activating group) is 1. The Labute approximate surface area is 381 Å². The largest absolute Gasteiger partial charge is 0.496 e. The van der Waals surface area contributed by atoms with Crippen LogP contribution in [0, 0.1) is 11.3 Å². The van der Waals surface area contributed by atoms with E-state index in [-0.39, 0.29) is 17.6 Å². The van der Waals surface area contributed by atoms with Crippen LogP contribution in [0.5, 0.6) is 5.75 Å². The van der Waals surface area contributed by atoms with E-state index in [0.29, 0.717) is 63.2 Å². The highest BCUT2D eigenvalue weighted by Crippen LogP contribution is 2.68. The number of fused-ring (bicyclic) bond motifs is 4. The molecule has 1 aromatic heterocycles. The monoisotopic (exact) mass is 886 g/mol. The Bertz CT molecular complexity index is 2570. The molecule has 2 N–H and O–H groups in total. The van der Waals surface area contributed by atoms with Gasteiger partial charge in [0.2, 0.25) is 5.60 Å². The van der Waals surface area contributed by atoms with Gasteiger partial charge in [0, 0.05) is 90.9 Å². The van der Waals surface area contributed by atoms with Crippen molar-refractivity contribution >= 4 is 34.5 Å². The van der Waals surface area contributed by atoms with Crippen molar-refractivity contribution in [2.75, 3.05) is 66.1 Å². The van der Waals surface area contributed by atoms with E-state index in [1.807, 2.05) is 43.1 Å². The summed E-state index contributed by atoms with van der Waals surface area (Å²) in [4.78, 5) is 54.0. The second-order valence-electron chi connectivity index (χ2n) is 19.9. The van der Waals surface area contributed by atoms with Crippen LogP contribution in [0.2, 0.25) is 0 Å². The van der Waals surface area contributed by atoms with Gasteiger partial charge in [0.15, 0.2) is 6.10 Å². The van der Waals surface area contributed by atoms with Gasteiger partial charge < -0.3 is 38.7 Å². The number of benzene rings is 3. The summed E-state index contributed by atoms with van der Waals surface area (Å²) < 4.78 is 30.4. The molecule has 0 bridgehead atoms. The van der Waals surface area contributed by atoms with Crippen molar-refractivity contribution in [1.82, 2.24) is 14.8 Å². The van der Waals surface area contributed by atoms with E-state index in [9.17, 15) is 14.7 Å². The summed E-state index contributed by atoms with van der Waals surface area (Å²) in [6.45, 7) is 9.68. The number of ether oxygens (including phenoxy) is 5. The number of aliphatic hydroxyl groups is 1. The molecule has 13 heteroatoms. The molecule has 10 rings (SSSR count). The molecule has 0 unspecified atom stereocenters. The highest BCUT2D eigenvalue weighted by Gasteiger charge is 2.80. The number of H-pyrrole nitrogens is 1. The van der Waals surface area contributed by atoms with Gasteiger partial charge in [-0.3, -0.25) is 19.4 Å². The molecule has 1 saturated carbocycles. The average Bonchev–Trinajstić information content (AvgIpc) is 3.60. The number of para-hydroxylation sites is 1. The van der Waals surface area contributed by atoms with Gasteiger partial charge in [-0.15, -0.1) is 0 Å². The number of aromatic amines is 1. The lowest BCUT2D eigenvalue weighted by Crippen LogP contribution is -2.81. The van der Waals surface area contributed by atoms with Gasteiger partial charge in [0.05, 0.1) is 39.6 Å². The minimum absolute atomic E-state index is 0.0454. The zero-order valence-electron chi connectivity index (χ0n) is 38.6. The number of carbonyl (C=O) groups is 3.